The van der Waals surface area contributed by atoms with Crippen molar-refractivity contribution in [1.29, 1.82) is 0 Å². The quantitative estimate of drug-likeness (QED) is 0.570. The first kappa shape index (κ1) is 12.5. The first-order valence-corrected chi connectivity index (χ1v) is 4.22. The zero-order valence-corrected chi connectivity index (χ0v) is 8.06. The van der Waals surface area contributed by atoms with Gasteiger partial charge in [-0.05, 0) is 6.42 Å². The summed E-state index contributed by atoms with van der Waals surface area (Å²) in [6.07, 6.45) is 5.46. The van der Waals surface area contributed by atoms with Crippen molar-refractivity contribution < 1.29 is 14.7 Å². The smallest absolute Gasteiger partial charge is 0.323 e. The summed E-state index contributed by atoms with van der Waals surface area (Å²) < 4.78 is 0. The number of terminal acetylenes is 1. The minimum atomic E-state index is -1.10. The van der Waals surface area contributed by atoms with E-state index in [9.17, 15) is 9.59 Å². The van der Waals surface area contributed by atoms with Crippen LogP contribution in [0.5, 0.6) is 0 Å². The Kier molecular flexibility index (Phi) is 5.34. The maximum absolute atomic E-state index is 11.4. The average Bonchev–Trinajstić information content (AvgIpc) is 2.14. The van der Waals surface area contributed by atoms with Gasteiger partial charge >= 0.3 is 5.97 Å². The van der Waals surface area contributed by atoms with E-state index in [4.69, 9.17) is 17.3 Å². The third-order valence-corrected chi connectivity index (χ3v) is 1.68. The Balaban J connectivity index is 4.41. The lowest BCUT2D eigenvalue weighted by atomic mass is 10.2. The Labute approximate surface area is 82.9 Å². The zero-order chi connectivity index (χ0) is 11.1. The summed E-state index contributed by atoms with van der Waals surface area (Å²) >= 11 is 0. The molecule has 0 aliphatic heterocycles. The van der Waals surface area contributed by atoms with Crippen molar-refractivity contribution in [2.45, 2.75) is 19.4 Å². The first-order chi connectivity index (χ1) is 6.52. The molecule has 0 aromatic rings. The molecule has 5 heteroatoms. The van der Waals surface area contributed by atoms with Crippen LogP contribution in [0.3, 0.4) is 0 Å². The van der Waals surface area contributed by atoms with Gasteiger partial charge in [0.1, 0.15) is 6.54 Å². The van der Waals surface area contributed by atoms with Crippen molar-refractivity contribution in [2.75, 3.05) is 13.1 Å². The highest BCUT2D eigenvalue weighted by Gasteiger charge is 2.20. The molecule has 0 aromatic carbocycles. The second-order valence-electron chi connectivity index (χ2n) is 2.81. The molecule has 0 rings (SSSR count). The van der Waals surface area contributed by atoms with Crippen LogP contribution in [0.15, 0.2) is 0 Å². The molecule has 0 fully saturated rings. The largest absolute Gasteiger partial charge is 0.480 e. The molecule has 1 amide bonds. The zero-order valence-electron chi connectivity index (χ0n) is 8.06. The highest BCUT2D eigenvalue weighted by Crippen LogP contribution is 1.96. The highest BCUT2D eigenvalue weighted by atomic mass is 16.4. The molecule has 14 heavy (non-hydrogen) atoms. The molecular formula is C9H14N2O3. The maximum Gasteiger partial charge on any atom is 0.323 e. The third-order valence-electron chi connectivity index (χ3n) is 1.68. The third kappa shape index (κ3) is 3.92. The van der Waals surface area contributed by atoms with Gasteiger partial charge in [-0.15, -0.1) is 6.42 Å². The fraction of sp³-hybridized carbons (Fsp3) is 0.556. The summed E-state index contributed by atoms with van der Waals surface area (Å²) in [5.41, 5.74) is 5.47. The van der Waals surface area contributed by atoms with Crippen LogP contribution in [0.2, 0.25) is 0 Å². The molecular weight excluding hydrogens is 184 g/mol. The molecule has 0 unspecified atom stereocenters. The van der Waals surface area contributed by atoms with Gasteiger partial charge in [-0.25, -0.2) is 0 Å². The van der Waals surface area contributed by atoms with Crippen LogP contribution in [0, 0.1) is 12.3 Å². The summed E-state index contributed by atoms with van der Waals surface area (Å²) in [4.78, 5) is 22.9. The molecule has 1 atom stereocenters. The van der Waals surface area contributed by atoms with Gasteiger partial charge in [0.25, 0.3) is 0 Å². The van der Waals surface area contributed by atoms with Crippen molar-refractivity contribution >= 4 is 11.9 Å². The van der Waals surface area contributed by atoms with Crippen LogP contribution in [0.25, 0.3) is 0 Å². The lowest BCUT2D eigenvalue weighted by molar-refractivity contribution is -0.144. The number of hydrogen-bond acceptors (Lipinski definition) is 3. The molecule has 0 bridgehead atoms. The van der Waals surface area contributed by atoms with Gasteiger partial charge in [0.05, 0.1) is 12.6 Å². The molecule has 0 aliphatic rings. The fourth-order valence-electron chi connectivity index (χ4n) is 0.894. The molecule has 0 radical (unpaired) electrons. The Morgan fingerprint density at radius 1 is 1.64 bits per heavy atom. The summed E-state index contributed by atoms with van der Waals surface area (Å²) in [6, 6.07) is -0.678. The van der Waals surface area contributed by atoms with Crippen molar-refractivity contribution in [3.05, 3.63) is 0 Å². The van der Waals surface area contributed by atoms with Crippen LogP contribution in [-0.4, -0.2) is 41.0 Å². The van der Waals surface area contributed by atoms with Gasteiger partial charge in [0.2, 0.25) is 5.91 Å². The van der Waals surface area contributed by atoms with E-state index in [0.29, 0.717) is 6.42 Å². The highest BCUT2D eigenvalue weighted by molar-refractivity contribution is 5.85. The number of carbonyl (C=O) groups is 2. The van der Waals surface area contributed by atoms with E-state index in [1.807, 2.05) is 0 Å². The second-order valence-corrected chi connectivity index (χ2v) is 2.81. The molecule has 0 aromatic heterocycles. The van der Waals surface area contributed by atoms with Gasteiger partial charge < -0.3 is 15.7 Å². The van der Waals surface area contributed by atoms with Crippen molar-refractivity contribution in [2.24, 2.45) is 5.73 Å². The monoisotopic (exact) mass is 198 g/mol. The van der Waals surface area contributed by atoms with Gasteiger partial charge in [0.15, 0.2) is 0 Å². The number of aliphatic carboxylic acids is 1. The number of nitrogens with two attached hydrogens (primary N) is 1. The van der Waals surface area contributed by atoms with Gasteiger partial charge in [-0.3, -0.25) is 9.59 Å². The van der Waals surface area contributed by atoms with Crippen molar-refractivity contribution in [3.8, 4) is 12.3 Å². The van der Waals surface area contributed by atoms with E-state index in [0.717, 1.165) is 4.90 Å². The minimum Gasteiger partial charge on any atom is -0.480 e. The number of carboxylic acids is 1. The van der Waals surface area contributed by atoms with E-state index in [-0.39, 0.29) is 6.54 Å². The van der Waals surface area contributed by atoms with Crippen LogP contribution in [0.4, 0.5) is 0 Å². The Morgan fingerprint density at radius 3 is 2.57 bits per heavy atom. The number of carboxylic acid groups (broad SMARTS) is 1. The normalized spacial score (nSPS) is 11.5. The minimum absolute atomic E-state index is 0.0289. The van der Waals surface area contributed by atoms with E-state index in [1.165, 1.54) is 0 Å². The lowest BCUT2D eigenvalue weighted by Gasteiger charge is -2.20. The predicted molar refractivity (Wildman–Crippen MR) is 51.3 cm³/mol. The standard InChI is InChI=1S/C9H14N2O3/c1-3-5-11(6-8(12)13)9(14)7(10)4-2/h1,7H,4-6,10H2,2H3,(H,12,13)/t7-/m0/s1. The summed E-state index contributed by atoms with van der Waals surface area (Å²) in [7, 11) is 0. The maximum atomic E-state index is 11.4. The Hall–Kier alpha value is -1.54. The molecule has 0 aliphatic carbocycles. The summed E-state index contributed by atoms with van der Waals surface area (Å²) in [5.74, 6) is 0.696. The molecule has 0 spiro atoms. The number of hydrogen-bond donors (Lipinski definition) is 2. The van der Waals surface area contributed by atoms with Crippen LogP contribution in [0.1, 0.15) is 13.3 Å². The molecule has 3 N–H and O–H groups in total. The number of carbonyl (C=O) groups excluding carboxylic acids is 1. The van der Waals surface area contributed by atoms with Crippen molar-refractivity contribution in [3.63, 3.8) is 0 Å². The number of amides is 1. The van der Waals surface area contributed by atoms with Crippen LogP contribution < -0.4 is 5.73 Å². The molecule has 5 nitrogen and oxygen atoms in total. The molecule has 0 saturated heterocycles. The van der Waals surface area contributed by atoms with Crippen molar-refractivity contribution in [1.82, 2.24) is 4.90 Å². The van der Waals surface area contributed by atoms with E-state index >= 15 is 0 Å². The summed E-state index contributed by atoms with van der Waals surface area (Å²) in [6.45, 7) is 1.31. The Morgan fingerprint density at radius 2 is 2.21 bits per heavy atom. The van der Waals surface area contributed by atoms with E-state index in [1.54, 1.807) is 6.92 Å². The lowest BCUT2D eigenvalue weighted by Crippen LogP contribution is -2.45. The topological polar surface area (TPSA) is 83.6 Å². The second kappa shape index (κ2) is 6.00. The van der Waals surface area contributed by atoms with E-state index in [2.05, 4.69) is 5.92 Å². The van der Waals surface area contributed by atoms with Gasteiger partial charge in [0, 0.05) is 0 Å². The number of rotatable bonds is 5. The molecule has 0 heterocycles. The molecule has 78 valence electrons. The predicted octanol–water partition coefficient (Wildman–Crippen LogP) is -0.730. The average molecular weight is 198 g/mol. The fourth-order valence-corrected chi connectivity index (χ4v) is 0.894. The molecule has 0 saturated carbocycles. The van der Waals surface area contributed by atoms with Crippen LogP contribution in [-0.2, 0) is 9.59 Å². The van der Waals surface area contributed by atoms with E-state index < -0.39 is 24.5 Å². The first-order valence-electron chi connectivity index (χ1n) is 4.22. The Bertz CT molecular complexity index is 257. The number of nitrogens with zero attached hydrogens (tertiary/aromatic N) is 1. The summed E-state index contributed by atoms with van der Waals surface area (Å²) in [5, 5.41) is 8.51. The SMILES string of the molecule is C#CCN(CC(=O)O)C(=O)[C@@H](N)CC. The van der Waals surface area contributed by atoms with Gasteiger partial charge in [-0.2, -0.15) is 0 Å². The van der Waals surface area contributed by atoms with Gasteiger partial charge in [-0.1, -0.05) is 12.8 Å². The van der Waals surface area contributed by atoms with Crippen LogP contribution >= 0.6 is 0 Å².